The Bertz CT molecular complexity index is 922. The van der Waals surface area contributed by atoms with Crippen LogP contribution in [0.2, 0.25) is 0 Å². The minimum atomic E-state index is -4.45. The molecule has 2 bridgehead atoms. The smallest absolute Gasteiger partial charge is 0.416 e. The number of carbonyl (C=O) groups excluding carboxylic acids is 1. The van der Waals surface area contributed by atoms with Crippen LogP contribution in [0.15, 0.2) is 24.3 Å². The van der Waals surface area contributed by atoms with Gasteiger partial charge in [-0.15, -0.1) is 0 Å². The highest BCUT2D eigenvalue weighted by Gasteiger charge is 2.40. The van der Waals surface area contributed by atoms with Crippen LogP contribution < -0.4 is 4.90 Å². The molecule has 162 valence electrons. The van der Waals surface area contributed by atoms with Gasteiger partial charge in [0.2, 0.25) is 5.95 Å². The van der Waals surface area contributed by atoms with Gasteiger partial charge in [0, 0.05) is 12.1 Å². The van der Waals surface area contributed by atoms with Gasteiger partial charge in [0.1, 0.15) is 0 Å². The molecule has 0 aliphatic carbocycles. The first-order chi connectivity index (χ1) is 14.3. The van der Waals surface area contributed by atoms with Crippen LogP contribution in [0.5, 0.6) is 0 Å². The highest BCUT2D eigenvalue weighted by molar-refractivity contribution is 5.89. The first-order valence-corrected chi connectivity index (χ1v) is 10.5. The summed E-state index contributed by atoms with van der Waals surface area (Å²) >= 11 is 0. The van der Waals surface area contributed by atoms with Crippen molar-refractivity contribution in [2.75, 3.05) is 11.5 Å². The molecule has 0 amide bonds. The van der Waals surface area contributed by atoms with E-state index in [1.165, 1.54) is 12.1 Å². The number of esters is 1. The largest absolute Gasteiger partial charge is 0.461 e. The fraction of sp³-hybridized carbons (Fsp3) is 0.545. The summed E-state index contributed by atoms with van der Waals surface area (Å²) in [6.07, 6.45) is 0.869. The summed E-state index contributed by atoms with van der Waals surface area (Å²) < 4.78 is 47.6. The summed E-state index contributed by atoms with van der Waals surface area (Å²) in [5.41, 5.74) is 0.210. The maximum Gasteiger partial charge on any atom is 0.416 e. The molecule has 2 aliphatic rings. The average Bonchev–Trinajstić information content (AvgIpc) is 3.13. The van der Waals surface area contributed by atoms with E-state index in [2.05, 4.69) is 9.88 Å². The first-order valence-electron chi connectivity index (χ1n) is 10.5. The van der Waals surface area contributed by atoms with Crippen molar-refractivity contribution in [3.8, 4) is 0 Å². The number of ether oxygens (including phenoxy) is 1. The molecule has 2 aromatic rings. The number of nitrogens with zero attached hydrogens (tertiary/aromatic N) is 3. The van der Waals surface area contributed by atoms with Crippen LogP contribution in [0.25, 0.3) is 0 Å². The Morgan fingerprint density at radius 3 is 2.47 bits per heavy atom. The third kappa shape index (κ3) is 3.68. The lowest BCUT2D eigenvalue weighted by Crippen LogP contribution is -2.41. The molecule has 0 N–H and O–H groups in total. The van der Waals surface area contributed by atoms with Crippen molar-refractivity contribution < 1.29 is 22.7 Å². The summed E-state index contributed by atoms with van der Waals surface area (Å²) in [5, 5.41) is 0. The minimum Gasteiger partial charge on any atom is -0.461 e. The lowest BCUT2D eigenvalue weighted by Gasteiger charge is -2.36. The van der Waals surface area contributed by atoms with E-state index < -0.39 is 17.7 Å². The fourth-order valence-electron chi connectivity index (χ4n) is 4.85. The van der Waals surface area contributed by atoms with E-state index in [1.807, 2.05) is 0 Å². The van der Waals surface area contributed by atoms with Gasteiger partial charge in [-0.05, 0) is 57.6 Å². The Balaban J connectivity index is 1.80. The van der Waals surface area contributed by atoms with Gasteiger partial charge in [0.25, 0.3) is 0 Å². The van der Waals surface area contributed by atoms with E-state index in [1.54, 1.807) is 24.5 Å². The van der Waals surface area contributed by atoms with Crippen molar-refractivity contribution in [2.24, 2.45) is 0 Å². The number of imidazole rings is 1. The van der Waals surface area contributed by atoms with Crippen LogP contribution >= 0.6 is 0 Å². The van der Waals surface area contributed by atoms with E-state index in [4.69, 9.17) is 4.74 Å². The van der Waals surface area contributed by atoms with Gasteiger partial charge >= 0.3 is 12.1 Å². The second kappa shape index (κ2) is 7.96. The van der Waals surface area contributed by atoms with Gasteiger partial charge in [0.05, 0.1) is 24.4 Å². The Kier molecular flexibility index (Phi) is 5.51. The Hall–Kier alpha value is -2.51. The number of alkyl halides is 3. The zero-order valence-electron chi connectivity index (χ0n) is 17.2. The number of carbonyl (C=O) groups is 1. The molecule has 4 rings (SSSR count). The molecule has 2 unspecified atom stereocenters. The molecule has 2 atom stereocenters. The number of hydrogen-bond acceptors (Lipinski definition) is 4. The molecular formula is C22H26F3N3O2. The van der Waals surface area contributed by atoms with Crippen molar-refractivity contribution in [3.05, 3.63) is 46.8 Å². The number of fused-ring (bicyclic) bond motifs is 2. The quantitative estimate of drug-likeness (QED) is 0.641. The Morgan fingerprint density at radius 1 is 1.17 bits per heavy atom. The average molecular weight is 421 g/mol. The number of hydrogen-bond donors (Lipinski definition) is 0. The molecule has 3 heterocycles. The van der Waals surface area contributed by atoms with Crippen molar-refractivity contribution in [2.45, 2.75) is 70.8 Å². The predicted molar refractivity (Wildman–Crippen MR) is 107 cm³/mol. The van der Waals surface area contributed by atoms with Crippen LogP contribution in [-0.4, -0.2) is 34.2 Å². The van der Waals surface area contributed by atoms with E-state index in [-0.39, 0.29) is 24.4 Å². The maximum atomic E-state index is 13.6. The Labute approximate surface area is 173 Å². The van der Waals surface area contributed by atoms with E-state index in [0.717, 1.165) is 38.2 Å². The monoisotopic (exact) mass is 421 g/mol. The molecule has 2 fully saturated rings. The first kappa shape index (κ1) is 20.8. The topological polar surface area (TPSA) is 47.4 Å². The number of piperidine rings is 1. The van der Waals surface area contributed by atoms with Crippen LogP contribution in [0.1, 0.15) is 66.3 Å². The van der Waals surface area contributed by atoms with Crippen molar-refractivity contribution >= 4 is 11.9 Å². The van der Waals surface area contributed by atoms with E-state index in [0.29, 0.717) is 23.7 Å². The third-order valence-electron chi connectivity index (χ3n) is 6.25. The van der Waals surface area contributed by atoms with Crippen molar-refractivity contribution in [3.63, 3.8) is 0 Å². The van der Waals surface area contributed by atoms with Gasteiger partial charge in [-0.25, -0.2) is 9.78 Å². The lowest BCUT2D eigenvalue weighted by molar-refractivity contribution is -0.138. The van der Waals surface area contributed by atoms with Crippen LogP contribution in [-0.2, 0) is 17.5 Å². The molecule has 0 radical (unpaired) electrons. The third-order valence-corrected chi connectivity index (χ3v) is 6.25. The summed E-state index contributed by atoms with van der Waals surface area (Å²) in [5.74, 6) is 0.0446. The SMILES string of the molecule is CCOC(=O)c1nc(N2C3CCCC2CC3)n(Cc2ccccc2C(F)(F)F)c1C. The molecule has 1 aromatic heterocycles. The number of halogens is 3. The predicted octanol–water partition coefficient (Wildman–Crippen LogP) is 4.96. The van der Waals surface area contributed by atoms with Gasteiger partial charge < -0.3 is 14.2 Å². The van der Waals surface area contributed by atoms with Crippen molar-refractivity contribution in [1.29, 1.82) is 0 Å². The normalized spacial score (nSPS) is 21.2. The Morgan fingerprint density at radius 2 is 1.83 bits per heavy atom. The van der Waals surface area contributed by atoms with Gasteiger partial charge in [0.15, 0.2) is 5.69 Å². The van der Waals surface area contributed by atoms with Gasteiger partial charge in [-0.3, -0.25) is 0 Å². The standard InChI is InChI=1S/C22H26F3N3O2/c1-3-30-20(29)19-14(2)27(13-15-7-4-5-10-18(15)22(23,24)25)21(26-19)28-16-8-6-9-17(28)12-11-16/h4-5,7,10,16-17H,3,6,8-9,11-13H2,1-2H3. The van der Waals surface area contributed by atoms with E-state index >= 15 is 0 Å². The van der Waals surface area contributed by atoms with Crippen molar-refractivity contribution in [1.82, 2.24) is 9.55 Å². The summed E-state index contributed by atoms with van der Waals surface area (Å²) in [7, 11) is 0. The molecule has 5 nitrogen and oxygen atoms in total. The van der Waals surface area contributed by atoms with Crippen LogP contribution in [0.4, 0.5) is 19.1 Å². The number of aromatic nitrogens is 2. The molecule has 8 heteroatoms. The molecule has 0 spiro atoms. The molecule has 0 saturated carbocycles. The van der Waals surface area contributed by atoms with Gasteiger partial charge in [-0.1, -0.05) is 18.2 Å². The minimum absolute atomic E-state index is 0.000799. The maximum absolute atomic E-state index is 13.6. The van der Waals surface area contributed by atoms with Gasteiger partial charge in [-0.2, -0.15) is 13.2 Å². The number of anilines is 1. The summed E-state index contributed by atoms with van der Waals surface area (Å²) in [6.45, 7) is 3.66. The molecule has 1 aromatic carbocycles. The number of rotatable bonds is 5. The second-order valence-corrected chi connectivity index (χ2v) is 8.03. The molecule has 30 heavy (non-hydrogen) atoms. The zero-order valence-corrected chi connectivity index (χ0v) is 17.2. The molecule has 2 aliphatic heterocycles. The van der Waals surface area contributed by atoms with Crippen LogP contribution in [0, 0.1) is 6.92 Å². The lowest BCUT2D eigenvalue weighted by atomic mass is 10.0. The summed E-state index contributed by atoms with van der Waals surface area (Å²) in [4.78, 5) is 19.3. The van der Waals surface area contributed by atoms with Crippen LogP contribution in [0.3, 0.4) is 0 Å². The highest BCUT2D eigenvalue weighted by Crippen LogP contribution is 2.40. The summed E-state index contributed by atoms with van der Waals surface area (Å²) in [6, 6.07) is 6.21. The number of benzene rings is 1. The second-order valence-electron chi connectivity index (χ2n) is 8.03. The van der Waals surface area contributed by atoms with E-state index in [9.17, 15) is 18.0 Å². The highest BCUT2D eigenvalue weighted by atomic mass is 19.4. The molecule has 2 saturated heterocycles. The molecular weight excluding hydrogens is 395 g/mol. The zero-order chi connectivity index (χ0) is 21.5. The fourth-order valence-corrected chi connectivity index (χ4v) is 4.85.